The summed E-state index contributed by atoms with van der Waals surface area (Å²) in [7, 11) is 0. The highest BCUT2D eigenvalue weighted by molar-refractivity contribution is 6.17. The van der Waals surface area contributed by atoms with E-state index in [0.717, 1.165) is 0 Å². The lowest BCUT2D eigenvalue weighted by Gasteiger charge is -2.21. The number of fused-ring (bicyclic) bond motifs is 2. The topological polar surface area (TPSA) is 117 Å². The van der Waals surface area contributed by atoms with Gasteiger partial charge in [0.2, 0.25) is 10.9 Å². The number of hydrogen-bond donors (Lipinski definition) is 3. The zero-order valence-electron chi connectivity index (χ0n) is 14.1. The van der Waals surface area contributed by atoms with Gasteiger partial charge in [-0.25, -0.2) is 0 Å². The van der Waals surface area contributed by atoms with E-state index in [-0.39, 0.29) is 33.6 Å². The molecular formula is C18H16O7. The van der Waals surface area contributed by atoms with Gasteiger partial charge in [0.15, 0.2) is 5.75 Å². The van der Waals surface area contributed by atoms with Crippen LogP contribution in [0.4, 0.5) is 0 Å². The zero-order valence-corrected chi connectivity index (χ0v) is 14.1. The van der Waals surface area contributed by atoms with Gasteiger partial charge in [0.05, 0.1) is 5.56 Å². The van der Waals surface area contributed by atoms with E-state index in [9.17, 15) is 24.9 Å². The Balaban J connectivity index is 2.47. The summed E-state index contributed by atoms with van der Waals surface area (Å²) >= 11 is 0. The normalized spacial score (nSPS) is 18.6. The largest absolute Gasteiger partial charge is 0.504 e. The number of hydrogen-bond acceptors (Lipinski definition) is 7. The lowest BCUT2D eigenvalue weighted by atomic mass is 9.79. The zero-order chi connectivity index (χ0) is 18.4. The van der Waals surface area contributed by atoms with Crippen LogP contribution in [-0.2, 0) is 5.41 Å². The smallest absolute Gasteiger partial charge is 0.297 e. The van der Waals surface area contributed by atoms with E-state index in [1.165, 1.54) is 6.92 Å². The van der Waals surface area contributed by atoms with Crippen LogP contribution < -0.4 is 15.6 Å². The summed E-state index contributed by atoms with van der Waals surface area (Å²) in [5.74, 6) is -1.94. The molecule has 0 spiro atoms. The Morgan fingerprint density at radius 3 is 2.08 bits per heavy atom. The molecule has 130 valence electrons. The van der Waals surface area contributed by atoms with Crippen molar-refractivity contribution in [1.82, 2.24) is 0 Å². The monoisotopic (exact) mass is 344 g/mol. The number of ether oxygens (including phenoxy) is 1. The van der Waals surface area contributed by atoms with Crippen LogP contribution in [0.2, 0.25) is 0 Å². The van der Waals surface area contributed by atoms with Crippen LogP contribution in [0.3, 0.4) is 0 Å². The van der Waals surface area contributed by atoms with Crippen molar-refractivity contribution in [1.29, 1.82) is 0 Å². The van der Waals surface area contributed by atoms with Gasteiger partial charge in [0, 0.05) is 21.8 Å². The Labute approximate surface area is 141 Å². The predicted molar refractivity (Wildman–Crippen MR) is 90.3 cm³/mol. The van der Waals surface area contributed by atoms with Gasteiger partial charge in [0.1, 0.15) is 22.6 Å². The van der Waals surface area contributed by atoms with Crippen molar-refractivity contribution < 1.29 is 24.5 Å². The van der Waals surface area contributed by atoms with Crippen molar-refractivity contribution in [3.05, 3.63) is 31.6 Å². The maximum Gasteiger partial charge on any atom is 0.297 e. The molecule has 2 aromatic carbocycles. The first-order valence-electron chi connectivity index (χ1n) is 7.79. The fourth-order valence-corrected chi connectivity index (χ4v) is 3.67. The number of aromatic hydroxyl groups is 3. The van der Waals surface area contributed by atoms with Gasteiger partial charge in [-0.3, -0.25) is 9.59 Å². The molecule has 0 bridgehead atoms. The summed E-state index contributed by atoms with van der Waals surface area (Å²) in [6, 6.07) is 0. The Morgan fingerprint density at radius 1 is 0.920 bits per heavy atom. The van der Waals surface area contributed by atoms with Crippen LogP contribution in [0.5, 0.6) is 23.4 Å². The standard InChI is InChI=1S/C18H16O7/c1-5-7-8-9(13(20)11-15(7)24-6(2)18(11,3)4)16(22)25-17(23)10(8)14(21)12(5)19/h6,19,22-23H,1-4H3/t6-/m0/s1. The fraction of sp³-hybridized carbons (Fsp3) is 0.333. The third-order valence-electron chi connectivity index (χ3n) is 5.41. The van der Waals surface area contributed by atoms with Gasteiger partial charge in [0.25, 0.3) is 11.9 Å². The second-order valence-corrected chi connectivity index (χ2v) is 7.03. The van der Waals surface area contributed by atoms with Crippen molar-refractivity contribution in [3.63, 3.8) is 0 Å². The second-order valence-electron chi connectivity index (χ2n) is 7.03. The van der Waals surface area contributed by atoms with Crippen LogP contribution in [0.25, 0.3) is 21.5 Å². The molecular weight excluding hydrogens is 328 g/mol. The molecule has 4 rings (SSSR count). The molecule has 3 N–H and O–H groups in total. The lowest BCUT2D eigenvalue weighted by molar-refractivity contribution is 0.187. The van der Waals surface area contributed by atoms with Crippen LogP contribution >= 0.6 is 0 Å². The molecule has 1 atom stereocenters. The van der Waals surface area contributed by atoms with Crippen LogP contribution in [0, 0.1) is 6.92 Å². The first-order valence-corrected chi connectivity index (χ1v) is 7.79. The maximum atomic E-state index is 13.1. The number of rotatable bonds is 0. The highest BCUT2D eigenvalue weighted by Crippen LogP contribution is 2.50. The fourth-order valence-electron chi connectivity index (χ4n) is 3.67. The van der Waals surface area contributed by atoms with E-state index in [1.54, 1.807) is 0 Å². The summed E-state index contributed by atoms with van der Waals surface area (Å²) < 4.78 is 10.7. The Bertz CT molecular complexity index is 1190. The van der Waals surface area contributed by atoms with Crippen LogP contribution in [0.15, 0.2) is 14.0 Å². The van der Waals surface area contributed by atoms with Gasteiger partial charge in [-0.05, 0) is 13.8 Å². The summed E-state index contributed by atoms with van der Waals surface area (Å²) in [5, 5.41) is 30.2. The van der Waals surface area contributed by atoms with Gasteiger partial charge >= 0.3 is 0 Å². The summed E-state index contributed by atoms with van der Waals surface area (Å²) in [4.78, 5) is 25.5. The Hall–Kier alpha value is -2.96. The molecule has 3 aromatic rings. The van der Waals surface area contributed by atoms with E-state index in [0.29, 0.717) is 10.9 Å². The molecule has 0 saturated heterocycles. The number of aryl methyl sites for hydroxylation is 1. The van der Waals surface area contributed by atoms with Crippen molar-refractivity contribution >= 4 is 21.5 Å². The lowest BCUT2D eigenvalue weighted by Crippen LogP contribution is -2.32. The molecule has 0 amide bonds. The number of phenols is 1. The second kappa shape index (κ2) is 4.36. The molecule has 0 aliphatic carbocycles. The van der Waals surface area contributed by atoms with E-state index in [4.69, 9.17) is 9.15 Å². The average Bonchev–Trinajstić information content (AvgIpc) is 2.74. The predicted octanol–water partition coefficient (Wildman–Crippen LogP) is 2.23. The SMILES string of the molecule is Cc1c(O)c(=O)c2c(O)oc(O)c3c(=O)c4c(c1c23)O[C@@H](C)C4(C)C. The molecule has 7 heteroatoms. The van der Waals surface area contributed by atoms with E-state index in [1.807, 2.05) is 20.8 Å². The molecule has 1 aliphatic rings. The number of benzene rings is 2. The minimum atomic E-state index is -0.874. The van der Waals surface area contributed by atoms with Gasteiger partial charge in [-0.1, -0.05) is 13.8 Å². The third-order valence-corrected chi connectivity index (χ3v) is 5.41. The van der Waals surface area contributed by atoms with Crippen molar-refractivity contribution in [2.45, 2.75) is 39.2 Å². The summed E-state index contributed by atoms with van der Waals surface area (Å²) in [6.07, 6.45) is -0.341. The minimum Gasteiger partial charge on any atom is -0.504 e. The van der Waals surface area contributed by atoms with Crippen LogP contribution in [0.1, 0.15) is 31.9 Å². The molecule has 0 radical (unpaired) electrons. The summed E-state index contributed by atoms with van der Waals surface area (Å²) in [5.41, 5.74) is -1.49. The van der Waals surface area contributed by atoms with E-state index in [2.05, 4.69) is 0 Å². The number of phenolic OH excluding ortho intramolecular Hbond substituents is 1. The average molecular weight is 344 g/mol. The summed E-state index contributed by atoms with van der Waals surface area (Å²) in [6.45, 7) is 7.01. The van der Waals surface area contributed by atoms with E-state index >= 15 is 0 Å². The quantitative estimate of drug-likeness (QED) is 0.572. The highest BCUT2D eigenvalue weighted by atomic mass is 16.5. The molecule has 0 saturated carbocycles. The van der Waals surface area contributed by atoms with Crippen LogP contribution in [-0.4, -0.2) is 21.4 Å². The maximum absolute atomic E-state index is 13.1. The molecule has 25 heavy (non-hydrogen) atoms. The first-order chi connectivity index (χ1) is 11.6. The van der Waals surface area contributed by atoms with Gasteiger partial charge < -0.3 is 24.5 Å². The van der Waals surface area contributed by atoms with Crippen molar-refractivity contribution in [3.8, 4) is 23.4 Å². The van der Waals surface area contributed by atoms with Crippen molar-refractivity contribution in [2.75, 3.05) is 0 Å². The first kappa shape index (κ1) is 15.6. The van der Waals surface area contributed by atoms with Crippen molar-refractivity contribution in [2.24, 2.45) is 0 Å². The molecule has 1 aliphatic heterocycles. The van der Waals surface area contributed by atoms with E-state index < -0.39 is 33.9 Å². The van der Waals surface area contributed by atoms with Gasteiger partial charge in [-0.15, -0.1) is 0 Å². The Kier molecular flexibility index (Phi) is 2.71. The molecule has 2 heterocycles. The minimum absolute atomic E-state index is 0.0372. The highest BCUT2D eigenvalue weighted by Gasteiger charge is 2.44. The van der Waals surface area contributed by atoms with Gasteiger partial charge in [-0.2, -0.15) is 0 Å². The molecule has 7 nitrogen and oxygen atoms in total. The molecule has 0 unspecified atom stereocenters. The third kappa shape index (κ3) is 1.60. The Morgan fingerprint density at radius 2 is 1.48 bits per heavy atom. The molecule has 0 fully saturated rings. The molecule has 1 aromatic heterocycles.